The van der Waals surface area contributed by atoms with Crippen LogP contribution in [-0.4, -0.2) is 27.2 Å². The number of benzene rings is 1. The van der Waals surface area contributed by atoms with Gasteiger partial charge in [0.2, 0.25) is 11.8 Å². The average molecular weight is 353 g/mol. The van der Waals surface area contributed by atoms with Crippen molar-refractivity contribution in [3.63, 3.8) is 0 Å². The average Bonchev–Trinajstić information content (AvgIpc) is 2.86. The number of rotatable bonds is 4. The lowest BCUT2D eigenvalue weighted by Gasteiger charge is -2.21. The Balaban J connectivity index is 1.96. The number of nitrogens with one attached hydrogen (secondary N) is 1. The van der Waals surface area contributed by atoms with Crippen LogP contribution >= 0.6 is 0 Å². The van der Waals surface area contributed by atoms with E-state index in [2.05, 4.69) is 17.2 Å². The SMILES string of the molecule is Cn1c(=O)n(C2CCC(=O)NC2=O)c2ccc(C#CCCCC=O)cc21. The smallest absolute Gasteiger partial charge is 0.303 e. The third kappa shape index (κ3) is 3.31. The lowest BCUT2D eigenvalue weighted by atomic mass is 10.1. The van der Waals surface area contributed by atoms with Crippen LogP contribution < -0.4 is 11.0 Å². The maximum atomic E-state index is 12.6. The summed E-state index contributed by atoms with van der Waals surface area (Å²) in [6.07, 6.45) is 3.25. The molecule has 134 valence electrons. The van der Waals surface area contributed by atoms with Crippen LogP contribution in [0.2, 0.25) is 0 Å². The number of piperidine rings is 1. The number of carbonyl (C=O) groups is 3. The van der Waals surface area contributed by atoms with Gasteiger partial charge in [-0.1, -0.05) is 11.8 Å². The number of unbranched alkanes of at least 4 members (excludes halogenated alkanes) is 2. The molecule has 0 radical (unpaired) electrons. The second-order valence-corrected chi connectivity index (χ2v) is 6.24. The van der Waals surface area contributed by atoms with E-state index in [1.54, 1.807) is 19.2 Å². The van der Waals surface area contributed by atoms with E-state index in [4.69, 9.17) is 0 Å². The first kappa shape index (κ1) is 17.7. The molecule has 1 aromatic carbocycles. The minimum Gasteiger partial charge on any atom is -0.303 e. The highest BCUT2D eigenvalue weighted by molar-refractivity contribution is 6.00. The fourth-order valence-electron chi connectivity index (χ4n) is 3.11. The zero-order chi connectivity index (χ0) is 18.7. The van der Waals surface area contributed by atoms with Gasteiger partial charge in [0.25, 0.3) is 0 Å². The van der Waals surface area contributed by atoms with Gasteiger partial charge in [-0.25, -0.2) is 4.79 Å². The molecule has 1 fully saturated rings. The van der Waals surface area contributed by atoms with Gasteiger partial charge < -0.3 is 4.79 Å². The number of imidazole rings is 1. The summed E-state index contributed by atoms with van der Waals surface area (Å²) in [5.41, 5.74) is 1.78. The predicted octanol–water partition coefficient (Wildman–Crippen LogP) is 1.04. The molecule has 1 aliphatic rings. The number of aldehydes is 1. The van der Waals surface area contributed by atoms with Crippen molar-refractivity contribution in [3.05, 3.63) is 34.2 Å². The summed E-state index contributed by atoms with van der Waals surface area (Å²) in [6.45, 7) is 0. The fraction of sp³-hybridized carbons (Fsp3) is 0.368. The molecule has 0 saturated carbocycles. The van der Waals surface area contributed by atoms with Gasteiger partial charge in [-0.05, 0) is 31.0 Å². The minimum atomic E-state index is -0.691. The molecule has 3 rings (SSSR count). The number of amides is 2. The summed E-state index contributed by atoms with van der Waals surface area (Å²) >= 11 is 0. The van der Waals surface area contributed by atoms with E-state index in [0.29, 0.717) is 30.3 Å². The van der Waals surface area contributed by atoms with Gasteiger partial charge in [-0.2, -0.15) is 0 Å². The number of carbonyl (C=O) groups excluding carboxylic acids is 3. The molecule has 1 saturated heterocycles. The normalized spacial score (nSPS) is 16.9. The van der Waals surface area contributed by atoms with Crippen LogP contribution in [0.5, 0.6) is 0 Å². The monoisotopic (exact) mass is 353 g/mol. The fourth-order valence-corrected chi connectivity index (χ4v) is 3.11. The van der Waals surface area contributed by atoms with Gasteiger partial charge in [0.15, 0.2) is 0 Å². The van der Waals surface area contributed by atoms with E-state index in [-0.39, 0.29) is 18.0 Å². The van der Waals surface area contributed by atoms with Crippen LogP contribution in [0.15, 0.2) is 23.0 Å². The van der Waals surface area contributed by atoms with Crippen molar-refractivity contribution in [1.29, 1.82) is 0 Å². The van der Waals surface area contributed by atoms with Crippen molar-refractivity contribution in [3.8, 4) is 11.8 Å². The Morgan fingerprint density at radius 1 is 1.27 bits per heavy atom. The lowest BCUT2D eigenvalue weighted by molar-refractivity contribution is -0.135. The molecule has 2 aromatic rings. The number of hydrogen-bond acceptors (Lipinski definition) is 4. The summed E-state index contributed by atoms with van der Waals surface area (Å²) in [7, 11) is 1.65. The van der Waals surface area contributed by atoms with E-state index in [0.717, 1.165) is 18.3 Å². The third-order valence-corrected chi connectivity index (χ3v) is 4.47. The first-order chi connectivity index (χ1) is 12.5. The van der Waals surface area contributed by atoms with E-state index in [1.807, 2.05) is 6.07 Å². The Morgan fingerprint density at radius 3 is 2.81 bits per heavy atom. The van der Waals surface area contributed by atoms with Crippen molar-refractivity contribution in [1.82, 2.24) is 14.5 Å². The van der Waals surface area contributed by atoms with Gasteiger partial charge in [0, 0.05) is 31.9 Å². The van der Waals surface area contributed by atoms with Crippen molar-refractivity contribution in [2.45, 2.75) is 38.1 Å². The summed E-state index contributed by atoms with van der Waals surface area (Å²) in [5, 5.41) is 2.29. The summed E-state index contributed by atoms with van der Waals surface area (Å²) < 4.78 is 2.93. The standard InChI is InChI=1S/C19H19N3O4/c1-21-16-12-13(6-4-2-3-5-11-23)7-8-14(16)22(19(21)26)15-9-10-17(24)20-18(15)25/h7-8,11-12,15H,2-3,5,9-10H2,1H3,(H,20,24,25). The number of hydrogen-bond donors (Lipinski definition) is 1. The summed E-state index contributed by atoms with van der Waals surface area (Å²) in [4.78, 5) is 46.5. The van der Waals surface area contributed by atoms with Gasteiger partial charge in [0.1, 0.15) is 12.3 Å². The Labute approximate surface area is 150 Å². The van der Waals surface area contributed by atoms with Crippen LogP contribution in [0.4, 0.5) is 0 Å². The van der Waals surface area contributed by atoms with Crippen molar-refractivity contribution < 1.29 is 14.4 Å². The van der Waals surface area contributed by atoms with Crippen molar-refractivity contribution in [2.24, 2.45) is 7.05 Å². The first-order valence-corrected chi connectivity index (χ1v) is 8.50. The molecule has 26 heavy (non-hydrogen) atoms. The van der Waals surface area contributed by atoms with Gasteiger partial charge in [-0.15, -0.1) is 0 Å². The van der Waals surface area contributed by atoms with Gasteiger partial charge in [0.05, 0.1) is 11.0 Å². The maximum absolute atomic E-state index is 12.6. The molecule has 2 amide bonds. The maximum Gasteiger partial charge on any atom is 0.329 e. The molecule has 2 heterocycles. The molecule has 1 unspecified atom stereocenters. The number of aryl methyl sites for hydroxylation is 1. The van der Waals surface area contributed by atoms with Gasteiger partial charge >= 0.3 is 5.69 Å². The molecular weight excluding hydrogens is 334 g/mol. The van der Waals surface area contributed by atoms with E-state index < -0.39 is 11.9 Å². The second kappa shape index (κ2) is 7.40. The summed E-state index contributed by atoms with van der Waals surface area (Å²) in [6, 6.07) is 4.70. The Bertz CT molecular complexity index is 1000. The minimum absolute atomic E-state index is 0.212. The number of nitrogens with zero attached hydrogens (tertiary/aromatic N) is 2. The van der Waals surface area contributed by atoms with Crippen molar-refractivity contribution in [2.75, 3.05) is 0 Å². The molecule has 0 aliphatic carbocycles. The highest BCUT2D eigenvalue weighted by atomic mass is 16.2. The molecular formula is C19H19N3O4. The number of aromatic nitrogens is 2. The predicted molar refractivity (Wildman–Crippen MR) is 95.4 cm³/mol. The molecule has 7 heteroatoms. The van der Waals surface area contributed by atoms with E-state index in [1.165, 1.54) is 9.13 Å². The molecule has 7 nitrogen and oxygen atoms in total. The third-order valence-electron chi connectivity index (χ3n) is 4.47. The first-order valence-electron chi connectivity index (χ1n) is 8.50. The molecule has 1 aliphatic heterocycles. The summed E-state index contributed by atoms with van der Waals surface area (Å²) in [5.74, 6) is 5.28. The quantitative estimate of drug-likeness (QED) is 0.385. The highest BCUT2D eigenvalue weighted by Gasteiger charge is 2.31. The Hall–Kier alpha value is -3.14. The number of imide groups is 1. The van der Waals surface area contributed by atoms with Gasteiger partial charge in [-0.3, -0.25) is 24.0 Å². The van der Waals surface area contributed by atoms with Crippen molar-refractivity contribution >= 4 is 29.1 Å². The Kier molecular flexibility index (Phi) is 5.03. The van der Waals surface area contributed by atoms with E-state index >= 15 is 0 Å². The highest BCUT2D eigenvalue weighted by Crippen LogP contribution is 2.23. The molecule has 0 bridgehead atoms. The van der Waals surface area contributed by atoms with Crippen LogP contribution in [0.1, 0.15) is 43.7 Å². The Morgan fingerprint density at radius 2 is 2.08 bits per heavy atom. The van der Waals surface area contributed by atoms with Crippen LogP contribution in [0.3, 0.4) is 0 Å². The zero-order valence-electron chi connectivity index (χ0n) is 14.4. The van der Waals surface area contributed by atoms with E-state index in [9.17, 15) is 19.2 Å². The second-order valence-electron chi connectivity index (χ2n) is 6.24. The van der Waals surface area contributed by atoms with Crippen LogP contribution in [0, 0.1) is 11.8 Å². The van der Waals surface area contributed by atoms with Crippen LogP contribution in [0.25, 0.3) is 11.0 Å². The molecule has 0 spiro atoms. The lowest BCUT2D eigenvalue weighted by Crippen LogP contribution is -2.44. The topological polar surface area (TPSA) is 90.2 Å². The largest absolute Gasteiger partial charge is 0.329 e. The molecule has 1 aromatic heterocycles. The molecule has 1 N–H and O–H groups in total. The number of fused-ring (bicyclic) bond motifs is 1. The zero-order valence-corrected chi connectivity index (χ0v) is 14.4. The van der Waals surface area contributed by atoms with Crippen LogP contribution in [-0.2, 0) is 21.4 Å². The molecule has 1 atom stereocenters.